The number of aromatic nitrogens is 4. The van der Waals surface area contributed by atoms with Crippen molar-refractivity contribution in [2.24, 2.45) is 0 Å². The van der Waals surface area contributed by atoms with E-state index in [9.17, 15) is 0 Å². The van der Waals surface area contributed by atoms with Crippen molar-refractivity contribution in [2.75, 3.05) is 14.2 Å². The Bertz CT molecular complexity index is 1350. The van der Waals surface area contributed by atoms with Crippen LogP contribution >= 0.6 is 11.3 Å². The maximum Gasteiger partial charge on any atom is 0.260 e. The maximum absolute atomic E-state index is 6.11. The summed E-state index contributed by atoms with van der Waals surface area (Å²) in [6, 6.07) is 13.6. The van der Waals surface area contributed by atoms with Crippen LogP contribution < -0.4 is 4.74 Å². The fourth-order valence-electron chi connectivity index (χ4n) is 3.63. The van der Waals surface area contributed by atoms with Gasteiger partial charge in [-0.3, -0.25) is 0 Å². The Hall–Kier alpha value is -3.49. The summed E-state index contributed by atoms with van der Waals surface area (Å²) in [5.41, 5.74) is 3.78. The third-order valence-corrected chi connectivity index (χ3v) is 6.01. The zero-order valence-electron chi connectivity index (χ0n) is 17.3. The lowest BCUT2D eigenvalue weighted by Crippen LogP contribution is -1.97. The molecule has 0 saturated heterocycles. The zero-order chi connectivity index (χ0) is 21.4. The van der Waals surface area contributed by atoms with E-state index in [1.807, 2.05) is 55.7 Å². The van der Waals surface area contributed by atoms with Crippen LogP contribution in [0.3, 0.4) is 0 Å². The lowest BCUT2D eigenvalue weighted by molar-refractivity contribution is 0.186. The number of nitrogens with zero attached hydrogens (tertiary/aromatic N) is 4. The summed E-state index contributed by atoms with van der Waals surface area (Å²) in [6.07, 6.45) is 4.00. The summed E-state index contributed by atoms with van der Waals surface area (Å²) in [6.45, 7) is 2.48. The number of methoxy groups -OCH3 is 2. The fraction of sp³-hybridized carbons (Fsp3) is 0.174. The largest absolute Gasteiger partial charge is 0.497 e. The Morgan fingerprint density at radius 1 is 1.03 bits per heavy atom. The Morgan fingerprint density at radius 2 is 1.84 bits per heavy atom. The molecule has 31 heavy (non-hydrogen) atoms. The zero-order valence-corrected chi connectivity index (χ0v) is 18.1. The molecule has 4 heterocycles. The first-order valence-electron chi connectivity index (χ1n) is 9.71. The van der Waals surface area contributed by atoms with Crippen LogP contribution in [0.1, 0.15) is 11.3 Å². The number of fused-ring (bicyclic) bond motifs is 1. The van der Waals surface area contributed by atoms with Crippen LogP contribution in [-0.2, 0) is 11.3 Å². The number of hydrogen-bond acceptors (Lipinski definition) is 7. The number of thiophene rings is 1. The van der Waals surface area contributed by atoms with Crippen molar-refractivity contribution >= 4 is 21.6 Å². The molecule has 0 amide bonds. The number of pyridine rings is 1. The molecule has 0 atom stereocenters. The van der Waals surface area contributed by atoms with Gasteiger partial charge in [-0.25, -0.2) is 4.98 Å². The van der Waals surface area contributed by atoms with Gasteiger partial charge in [-0.1, -0.05) is 6.07 Å². The van der Waals surface area contributed by atoms with E-state index in [1.54, 1.807) is 14.2 Å². The summed E-state index contributed by atoms with van der Waals surface area (Å²) in [5.74, 6) is 1.62. The molecule has 0 aliphatic rings. The second kappa shape index (κ2) is 7.98. The number of aryl methyl sites for hydroxylation is 1. The second-order valence-electron chi connectivity index (χ2n) is 7.05. The van der Waals surface area contributed by atoms with Crippen LogP contribution in [-0.4, -0.2) is 34.0 Å². The number of ether oxygens (including phenoxy) is 2. The predicted octanol–water partition coefficient (Wildman–Crippen LogP) is 5.27. The van der Waals surface area contributed by atoms with E-state index in [2.05, 4.69) is 20.8 Å². The van der Waals surface area contributed by atoms with E-state index in [0.29, 0.717) is 18.4 Å². The average molecular weight is 433 g/mol. The minimum atomic E-state index is 0.436. The van der Waals surface area contributed by atoms with E-state index < -0.39 is 0 Å². The minimum absolute atomic E-state index is 0.436. The number of rotatable bonds is 6. The van der Waals surface area contributed by atoms with Crippen molar-refractivity contribution in [1.29, 1.82) is 0 Å². The SMILES string of the molecule is COCc1cc(C)nc2sc(-c3nnc(-c4cccc(OC)c4)o3)c(-n3cccc3)c12. The van der Waals surface area contributed by atoms with Gasteiger partial charge in [0.25, 0.3) is 5.89 Å². The number of benzene rings is 1. The molecule has 0 unspecified atom stereocenters. The smallest absolute Gasteiger partial charge is 0.260 e. The highest BCUT2D eigenvalue weighted by atomic mass is 32.1. The molecule has 4 aromatic heterocycles. The van der Waals surface area contributed by atoms with Crippen LogP contribution in [0.15, 0.2) is 59.3 Å². The van der Waals surface area contributed by atoms with Crippen molar-refractivity contribution in [3.8, 4) is 33.7 Å². The van der Waals surface area contributed by atoms with E-state index in [1.165, 1.54) is 11.3 Å². The molecule has 8 heteroatoms. The van der Waals surface area contributed by atoms with Crippen molar-refractivity contribution in [3.05, 3.63) is 66.1 Å². The van der Waals surface area contributed by atoms with Crippen molar-refractivity contribution in [3.63, 3.8) is 0 Å². The first-order valence-corrected chi connectivity index (χ1v) is 10.5. The Labute approximate surface area is 182 Å². The third-order valence-electron chi connectivity index (χ3n) is 4.95. The second-order valence-corrected chi connectivity index (χ2v) is 8.05. The Balaban J connectivity index is 1.71. The van der Waals surface area contributed by atoms with E-state index in [4.69, 9.17) is 18.9 Å². The first-order chi connectivity index (χ1) is 15.2. The van der Waals surface area contributed by atoms with Crippen LogP contribution in [0.4, 0.5) is 0 Å². The molecule has 0 aliphatic carbocycles. The molecule has 0 radical (unpaired) electrons. The molecule has 156 valence electrons. The maximum atomic E-state index is 6.11. The summed E-state index contributed by atoms with van der Waals surface area (Å²) in [7, 11) is 3.33. The fourth-order valence-corrected chi connectivity index (χ4v) is 4.81. The van der Waals surface area contributed by atoms with E-state index >= 15 is 0 Å². The van der Waals surface area contributed by atoms with Gasteiger partial charge < -0.3 is 18.5 Å². The molecule has 0 N–H and O–H groups in total. The molecule has 5 aromatic rings. The van der Waals surface area contributed by atoms with Gasteiger partial charge in [-0.05, 0) is 48.9 Å². The normalized spacial score (nSPS) is 11.3. The standard InChI is InChI=1S/C23H20N4O3S/c1-14-11-16(13-28-2)18-19(27-9-4-5-10-27)20(31-23(18)24-14)22-26-25-21(30-22)15-7-6-8-17(12-15)29-3/h4-12H,13H2,1-3H3. The lowest BCUT2D eigenvalue weighted by Gasteiger charge is -2.08. The molecule has 0 saturated carbocycles. The van der Waals surface area contributed by atoms with Gasteiger partial charge >= 0.3 is 0 Å². The monoisotopic (exact) mass is 432 g/mol. The summed E-state index contributed by atoms with van der Waals surface area (Å²) in [4.78, 5) is 6.54. The highest BCUT2D eigenvalue weighted by Crippen LogP contribution is 2.42. The topological polar surface area (TPSA) is 75.2 Å². The number of hydrogen-bond donors (Lipinski definition) is 0. The van der Waals surface area contributed by atoms with Gasteiger partial charge in [-0.15, -0.1) is 21.5 Å². The van der Waals surface area contributed by atoms with E-state index in [-0.39, 0.29) is 0 Å². The molecular formula is C23H20N4O3S. The summed E-state index contributed by atoms with van der Waals surface area (Å²) in [5, 5.41) is 9.68. The molecule has 0 spiro atoms. The van der Waals surface area contributed by atoms with Gasteiger partial charge in [0.15, 0.2) is 0 Å². The van der Waals surface area contributed by atoms with Crippen LogP contribution in [0.2, 0.25) is 0 Å². The van der Waals surface area contributed by atoms with Gasteiger partial charge in [0.05, 0.1) is 19.4 Å². The summed E-state index contributed by atoms with van der Waals surface area (Å²) >= 11 is 1.54. The molecule has 5 rings (SSSR count). The Kier molecular flexibility index (Phi) is 5.01. The van der Waals surface area contributed by atoms with Crippen LogP contribution in [0.25, 0.3) is 38.1 Å². The predicted molar refractivity (Wildman–Crippen MR) is 120 cm³/mol. The third kappa shape index (κ3) is 3.49. The van der Waals surface area contributed by atoms with Crippen molar-refractivity contribution < 1.29 is 13.9 Å². The van der Waals surface area contributed by atoms with Crippen LogP contribution in [0, 0.1) is 6.92 Å². The quantitative estimate of drug-likeness (QED) is 0.364. The molecule has 0 aliphatic heterocycles. The molecule has 0 fully saturated rings. The summed E-state index contributed by atoms with van der Waals surface area (Å²) < 4.78 is 18.9. The molecule has 0 bridgehead atoms. The molecule has 7 nitrogen and oxygen atoms in total. The molecular weight excluding hydrogens is 412 g/mol. The van der Waals surface area contributed by atoms with Crippen molar-refractivity contribution in [2.45, 2.75) is 13.5 Å². The average Bonchev–Trinajstić information content (AvgIpc) is 3.52. The first kappa shape index (κ1) is 19.5. The molecule has 1 aromatic carbocycles. The van der Waals surface area contributed by atoms with E-state index in [0.717, 1.165) is 43.4 Å². The van der Waals surface area contributed by atoms with Crippen molar-refractivity contribution in [1.82, 2.24) is 19.7 Å². The lowest BCUT2D eigenvalue weighted by atomic mass is 10.1. The Morgan fingerprint density at radius 3 is 2.61 bits per heavy atom. The minimum Gasteiger partial charge on any atom is -0.497 e. The highest BCUT2D eigenvalue weighted by molar-refractivity contribution is 7.22. The highest BCUT2D eigenvalue weighted by Gasteiger charge is 2.23. The van der Waals surface area contributed by atoms with Crippen LogP contribution in [0.5, 0.6) is 5.75 Å². The van der Waals surface area contributed by atoms with Gasteiger partial charge in [0, 0.05) is 36.1 Å². The van der Waals surface area contributed by atoms with Gasteiger partial charge in [0.2, 0.25) is 5.89 Å². The van der Waals surface area contributed by atoms with Gasteiger partial charge in [0.1, 0.15) is 15.5 Å². The van der Waals surface area contributed by atoms with Gasteiger partial charge in [-0.2, -0.15) is 0 Å².